The molecule has 29 heavy (non-hydrogen) atoms. The van der Waals surface area contributed by atoms with Crippen LogP contribution < -0.4 is 10.6 Å². The second-order valence-corrected chi connectivity index (χ2v) is 11.0. The summed E-state index contributed by atoms with van der Waals surface area (Å²) in [5, 5.41) is 6.52. The van der Waals surface area contributed by atoms with Gasteiger partial charge in [-0.15, -0.1) is 0 Å². The molecule has 166 valence electrons. The van der Waals surface area contributed by atoms with E-state index >= 15 is 0 Å². The van der Waals surface area contributed by atoms with Crippen LogP contribution in [-0.4, -0.2) is 35.9 Å². The van der Waals surface area contributed by atoms with Crippen molar-refractivity contribution in [2.45, 2.75) is 103 Å². The molecule has 0 aromatic rings. The second-order valence-electron chi connectivity index (χ2n) is 11.0. The lowest BCUT2D eigenvalue weighted by Gasteiger charge is -2.57. The first-order valence-electron chi connectivity index (χ1n) is 11.4. The first-order chi connectivity index (χ1) is 13.5. The summed E-state index contributed by atoms with van der Waals surface area (Å²) in [6, 6.07) is -0.118. The molecule has 4 aliphatic rings. The standard InChI is InChI=1S/C23H39FN2O3/c1-6-29-19(27)18(24)7-8-21(2,3)22(4,5)25-20(28)26-23-12-15-9-16(13-23)11-17(10-15)14-23/h15-18H,6-14H2,1-5H3,(H2,25,26,28). The Hall–Kier alpha value is -1.33. The van der Waals surface area contributed by atoms with Crippen LogP contribution in [0, 0.1) is 23.2 Å². The lowest BCUT2D eigenvalue weighted by molar-refractivity contribution is -0.149. The van der Waals surface area contributed by atoms with Crippen molar-refractivity contribution < 1.29 is 18.7 Å². The van der Waals surface area contributed by atoms with Crippen LogP contribution in [0.5, 0.6) is 0 Å². The maximum atomic E-state index is 14.1. The number of hydrogen-bond donors (Lipinski definition) is 2. The third-order valence-corrected chi connectivity index (χ3v) is 8.10. The molecule has 5 nitrogen and oxygen atoms in total. The van der Waals surface area contributed by atoms with Crippen molar-refractivity contribution in [2.24, 2.45) is 23.2 Å². The number of ether oxygens (including phenoxy) is 1. The Morgan fingerprint density at radius 3 is 2.07 bits per heavy atom. The van der Waals surface area contributed by atoms with Gasteiger partial charge in [-0.05, 0) is 95.3 Å². The zero-order chi connectivity index (χ0) is 21.4. The summed E-state index contributed by atoms with van der Waals surface area (Å²) in [4.78, 5) is 24.5. The maximum absolute atomic E-state index is 14.1. The molecule has 0 saturated heterocycles. The van der Waals surface area contributed by atoms with Crippen LogP contribution in [0.4, 0.5) is 9.18 Å². The fourth-order valence-electron chi connectivity index (χ4n) is 6.14. The highest BCUT2D eigenvalue weighted by Crippen LogP contribution is 2.55. The molecule has 0 aromatic heterocycles. The van der Waals surface area contributed by atoms with Gasteiger partial charge in [0.15, 0.2) is 6.17 Å². The summed E-state index contributed by atoms with van der Waals surface area (Å²) >= 11 is 0. The third kappa shape index (κ3) is 4.88. The minimum atomic E-state index is -1.62. The fourth-order valence-corrected chi connectivity index (χ4v) is 6.14. The normalized spacial score (nSPS) is 32.0. The summed E-state index contributed by atoms with van der Waals surface area (Å²) in [5.41, 5.74) is -0.969. The zero-order valence-corrected chi connectivity index (χ0v) is 18.8. The molecule has 4 bridgehead atoms. The topological polar surface area (TPSA) is 67.4 Å². The first kappa shape index (κ1) is 22.4. The molecule has 0 aliphatic heterocycles. The van der Waals surface area contributed by atoms with Crippen molar-refractivity contribution in [3.63, 3.8) is 0 Å². The molecule has 4 rings (SSSR count). The summed E-state index contributed by atoms with van der Waals surface area (Å²) in [6.45, 7) is 9.82. The van der Waals surface area contributed by atoms with E-state index in [1.54, 1.807) is 6.92 Å². The third-order valence-electron chi connectivity index (χ3n) is 8.10. The van der Waals surface area contributed by atoms with Crippen molar-refractivity contribution in [3.8, 4) is 0 Å². The number of esters is 1. The zero-order valence-electron chi connectivity index (χ0n) is 18.8. The predicted octanol–water partition coefficient (Wildman–Crippen LogP) is 4.74. The Morgan fingerprint density at radius 1 is 1.07 bits per heavy atom. The largest absolute Gasteiger partial charge is 0.464 e. The van der Waals surface area contributed by atoms with E-state index in [9.17, 15) is 14.0 Å². The molecule has 0 spiro atoms. The van der Waals surface area contributed by atoms with Crippen molar-refractivity contribution in [1.29, 1.82) is 0 Å². The quantitative estimate of drug-likeness (QED) is 0.568. The van der Waals surface area contributed by atoms with Gasteiger partial charge in [-0.2, -0.15) is 0 Å². The molecule has 4 fully saturated rings. The van der Waals surface area contributed by atoms with Crippen LogP contribution in [0.15, 0.2) is 0 Å². The van der Waals surface area contributed by atoms with E-state index in [0.717, 1.165) is 37.0 Å². The van der Waals surface area contributed by atoms with Gasteiger partial charge in [0.2, 0.25) is 0 Å². The van der Waals surface area contributed by atoms with Crippen LogP contribution in [0.1, 0.15) is 86.0 Å². The van der Waals surface area contributed by atoms with Crippen LogP contribution in [0.2, 0.25) is 0 Å². The van der Waals surface area contributed by atoms with Crippen molar-refractivity contribution >= 4 is 12.0 Å². The molecular weight excluding hydrogens is 371 g/mol. The van der Waals surface area contributed by atoms with Crippen LogP contribution in [0.25, 0.3) is 0 Å². The Balaban J connectivity index is 1.55. The van der Waals surface area contributed by atoms with Gasteiger partial charge in [-0.25, -0.2) is 14.0 Å². The highest BCUT2D eigenvalue weighted by atomic mass is 19.1. The average Bonchev–Trinajstić information content (AvgIpc) is 2.57. The van der Waals surface area contributed by atoms with Gasteiger partial charge in [-0.1, -0.05) is 13.8 Å². The molecule has 6 heteroatoms. The monoisotopic (exact) mass is 410 g/mol. The minimum Gasteiger partial charge on any atom is -0.464 e. The second kappa shape index (κ2) is 8.07. The van der Waals surface area contributed by atoms with Crippen LogP contribution >= 0.6 is 0 Å². The summed E-state index contributed by atoms with van der Waals surface area (Å²) in [5.74, 6) is 1.52. The molecule has 0 heterocycles. The number of rotatable bonds is 8. The molecule has 0 radical (unpaired) electrons. The number of urea groups is 1. The Labute approximate surface area is 174 Å². The highest BCUT2D eigenvalue weighted by Gasteiger charge is 2.52. The number of carbonyl (C=O) groups is 2. The summed E-state index contributed by atoms with van der Waals surface area (Å²) in [7, 11) is 0. The van der Waals surface area contributed by atoms with Gasteiger partial charge in [0.05, 0.1) is 6.61 Å². The number of halogens is 1. The lowest BCUT2D eigenvalue weighted by atomic mass is 9.53. The molecule has 1 atom stereocenters. The van der Waals surface area contributed by atoms with Crippen molar-refractivity contribution in [3.05, 3.63) is 0 Å². The first-order valence-corrected chi connectivity index (χ1v) is 11.4. The molecule has 0 aromatic carbocycles. The van der Waals surface area contributed by atoms with E-state index in [1.165, 1.54) is 19.3 Å². The number of nitrogens with one attached hydrogen (secondary N) is 2. The van der Waals surface area contributed by atoms with E-state index < -0.39 is 17.7 Å². The molecule has 4 saturated carbocycles. The fraction of sp³-hybridized carbons (Fsp3) is 0.913. The van der Waals surface area contributed by atoms with Gasteiger partial charge >= 0.3 is 12.0 Å². The van der Waals surface area contributed by atoms with E-state index in [2.05, 4.69) is 10.6 Å². The molecule has 4 aliphatic carbocycles. The average molecular weight is 411 g/mol. The molecule has 2 amide bonds. The number of alkyl halides is 1. The van der Waals surface area contributed by atoms with E-state index in [0.29, 0.717) is 6.42 Å². The highest BCUT2D eigenvalue weighted by molar-refractivity contribution is 5.76. The minimum absolute atomic E-state index is 0.0347. The Kier molecular flexibility index (Phi) is 6.22. The van der Waals surface area contributed by atoms with Gasteiger partial charge < -0.3 is 15.4 Å². The molecular formula is C23H39FN2O3. The van der Waals surface area contributed by atoms with Crippen molar-refractivity contribution in [2.75, 3.05) is 6.61 Å². The predicted molar refractivity (Wildman–Crippen MR) is 111 cm³/mol. The molecule has 1 unspecified atom stereocenters. The SMILES string of the molecule is CCOC(=O)C(F)CCC(C)(C)C(C)(C)NC(=O)NC12CC3CC(CC(C3)C1)C2. The van der Waals surface area contributed by atoms with Gasteiger partial charge in [0, 0.05) is 11.1 Å². The maximum Gasteiger partial charge on any atom is 0.340 e. The van der Waals surface area contributed by atoms with Crippen LogP contribution in [-0.2, 0) is 9.53 Å². The van der Waals surface area contributed by atoms with Gasteiger partial charge in [0.1, 0.15) is 0 Å². The number of hydrogen-bond acceptors (Lipinski definition) is 3. The number of amides is 2. The smallest absolute Gasteiger partial charge is 0.340 e. The van der Waals surface area contributed by atoms with Gasteiger partial charge in [-0.3, -0.25) is 0 Å². The lowest BCUT2D eigenvalue weighted by Crippen LogP contribution is -2.64. The Bertz CT molecular complexity index is 596. The van der Waals surface area contributed by atoms with E-state index in [-0.39, 0.29) is 30.0 Å². The summed E-state index contributed by atoms with van der Waals surface area (Å²) < 4.78 is 18.8. The van der Waals surface area contributed by atoms with Crippen molar-refractivity contribution in [1.82, 2.24) is 10.6 Å². The Morgan fingerprint density at radius 2 is 1.59 bits per heavy atom. The van der Waals surface area contributed by atoms with Crippen LogP contribution in [0.3, 0.4) is 0 Å². The molecule has 2 N–H and O–H groups in total. The summed E-state index contributed by atoms with van der Waals surface area (Å²) in [6.07, 6.45) is 6.29. The number of carbonyl (C=O) groups excluding carboxylic acids is 2. The van der Waals surface area contributed by atoms with Gasteiger partial charge in [0.25, 0.3) is 0 Å². The van der Waals surface area contributed by atoms with E-state index in [4.69, 9.17) is 4.74 Å². The van der Waals surface area contributed by atoms with E-state index in [1.807, 2.05) is 27.7 Å².